The van der Waals surface area contributed by atoms with Gasteiger partial charge in [-0.2, -0.15) is 110 Å². The van der Waals surface area contributed by atoms with Crippen LogP contribution in [0.3, 0.4) is 0 Å². The van der Waals surface area contributed by atoms with Gasteiger partial charge in [0, 0.05) is 25.6 Å². The molecule has 8 aromatic rings. The summed E-state index contributed by atoms with van der Waals surface area (Å²) in [5.74, 6) is -2.61. The number of oxime groups is 1. The number of carbonyl (C=O) groups is 2. The molecule has 600 valence electrons. The zero-order chi connectivity index (χ0) is 84.2. The fraction of sp³-hybridized carbons (Fsp3) is 0.263. The van der Waals surface area contributed by atoms with Gasteiger partial charge >= 0.3 is 41.8 Å². The Labute approximate surface area is 676 Å². The molecule has 5 heterocycles. The summed E-state index contributed by atoms with van der Waals surface area (Å²) in [6.07, 6.45) is -15.7. The number of carbonyl (C=O) groups excluding carboxylic acids is 2. The molecule has 1 aliphatic carbocycles. The molecule has 0 spiro atoms. The lowest BCUT2D eigenvalue weighted by Crippen LogP contribution is -2.42. The van der Waals surface area contributed by atoms with Crippen LogP contribution in [0.15, 0.2) is 74.7 Å². The van der Waals surface area contributed by atoms with E-state index in [-0.39, 0.29) is 64.3 Å². The zero-order valence-corrected chi connectivity index (χ0v) is 66.0. The average Bonchev–Trinajstić information content (AvgIpc) is 1.60. The van der Waals surface area contributed by atoms with Gasteiger partial charge in [-0.05, 0) is 68.8 Å². The van der Waals surface area contributed by atoms with E-state index in [1.807, 2.05) is 0 Å². The van der Waals surface area contributed by atoms with Crippen molar-refractivity contribution in [3.05, 3.63) is 145 Å². The number of rotatable bonds is 13. The number of nitrogens with zero attached hydrogens (tertiary/aromatic N) is 13. The number of thiocarbonyl (C=S) groups is 1. The van der Waals surface area contributed by atoms with Crippen LogP contribution in [0.2, 0.25) is 40.2 Å². The number of Topliss-reactive ketones (excluding diaryl/α,β-unsaturated/α-hetero) is 1. The summed E-state index contributed by atoms with van der Waals surface area (Å²) in [5.41, 5.74) is 5.50. The second-order valence-corrected chi connectivity index (χ2v) is 32.3. The molecule has 2 aliphatic rings. The monoisotopic (exact) mass is 1930 g/mol. The van der Waals surface area contributed by atoms with Crippen LogP contribution in [0, 0.1) is 11.3 Å². The first-order chi connectivity index (χ1) is 50.8. The van der Waals surface area contributed by atoms with Crippen LogP contribution in [0.4, 0.5) is 107 Å². The van der Waals surface area contributed by atoms with Gasteiger partial charge in [0.15, 0.2) is 57.7 Å². The van der Waals surface area contributed by atoms with E-state index in [2.05, 4.69) is 74.6 Å². The van der Waals surface area contributed by atoms with Crippen LogP contribution >= 0.6 is 137 Å². The first-order valence-corrected chi connectivity index (χ1v) is 36.1. The molecule has 3 atom stereocenters. The van der Waals surface area contributed by atoms with Crippen molar-refractivity contribution >= 4 is 211 Å². The number of halogens is 28. The first-order valence-electron chi connectivity index (χ1n) is 28.7. The number of aliphatic imine (C=N–C) groups is 1. The number of amidine groups is 1. The third-order valence-electron chi connectivity index (χ3n) is 14.2. The highest BCUT2D eigenvalue weighted by Gasteiger charge is 2.53. The van der Waals surface area contributed by atoms with E-state index in [4.69, 9.17) is 131 Å². The highest BCUT2D eigenvalue weighted by Crippen LogP contribution is 2.63. The minimum atomic E-state index is -5.37. The summed E-state index contributed by atoms with van der Waals surface area (Å²) in [4.78, 5) is 31.8. The molecule has 0 radical (unpaired) electrons. The van der Waals surface area contributed by atoms with E-state index in [0.717, 1.165) is 38.6 Å². The summed E-state index contributed by atoms with van der Waals surface area (Å²) < 4.78 is 267. The lowest BCUT2D eigenvalue weighted by Gasteiger charge is -2.19. The molecular formula is C57H37Br2Cl8F18N17O6S3. The number of alkyl halides is 20. The summed E-state index contributed by atoms with van der Waals surface area (Å²) in [7, 11) is -4.85. The van der Waals surface area contributed by atoms with Crippen LogP contribution in [0.1, 0.15) is 81.4 Å². The summed E-state index contributed by atoms with van der Waals surface area (Å²) in [5, 5.41) is 24.4. The number of aromatic nitrogens is 8. The van der Waals surface area contributed by atoms with Crippen LogP contribution in [0.25, 0.3) is 22.7 Å². The van der Waals surface area contributed by atoms with E-state index in [9.17, 15) is 97.0 Å². The molecule has 1 aliphatic heterocycles. The maximum Gasteiger partial charge on any atom is 0.476 e. The van der Waals surface area contributed by atoms with Crippen molar-refractivity contribution < 1.29 is 107 Å². The molecule has 1 fully saturated rings. The highest BCUT2D eigenvalue weighted by atomic mass is 79.9. The van der Waals surface area contributed by atoms with E-state index < -0.39 is 173 Å². The van der Waals surface area contributed by atoms with Crippen molar-refractivity contribution in [2.75, 3.05) is 44.6 Å². The lowest BCUT2D eigenvalue weighted by molar-refractivity contribution is -0.138. The maximum atomic E-state index is 13.8. The van der Waals surface area contributed by atoms with Crippen molar-refractivity contribution in [3.8, 4) is 28.8 Å². The quantitative estimate of drug-likeness (QED) is 0.0208. The Morgan fingerprint density at radius 2 is 1.04 bits per heavy atom. The maximum absolute atomic E-state index is 13.8. The fourth-order valence-corrected chi connectivity index (χ4v) is 14.9. The summed E-state index contributed by atoms with van der Waals surface area (Å²) in [6.45, 7) is 2.20. The minimum absolute atomic E-state index is 0.0235. The van der Waals surface area contributed by atoms with Gasteiger partial charge < -0.3 is 37.4 Å². The molecule has 0 saturated heterocycles. The van der Waals surface area contributed by atoms with Crippen LogP contribution in [0.5, 0.6) is 0 Å². The molecule has 10 rings (SSSR count). The Kier molecular flexibility index (Phi) is 27.9. The molecule has 4 aromatic heterocycles. The first kappa shape index (κ1) is 90.9. The van der Waals surface area contributed by atoms with Crippen LogP contribution in [-0.2, 0) is 55.9 Å². The van der Waals surface area contributed by atoms with Crippen molar-refractivity contribution in [3.63, 3.8) is 0 Å². The molecule has 1 saturated carbocycles. The topological polar surface area (TPSA) is 317 Å². The summed E-state index contributed by atoms with van der Waals surface area (Å²) in [6, 6.07) is 5.71. The normalized spacial score (nSPS) is 14.9. The van der Waals surface area contributed by atoms with Crippen molar-refractivity contribution in [2.45, 2.75) is 74.9 Å². The van der Waals surface area contributed by atoms with Gasteiger partial charge in [0.1, 0.15) is 66.7 Å². The summed E-state index contributed by atoms with van der Waals surface area (Å²) >= 11 is 59.0. The van der Waals surface area contributed by atoms with Gasteiger partial charge in [-0.1, -0.05) is 142 Å². The Balaban J connectivity index is 0.000000210. The average molecular weight is 1940 g/mol. The van der Waals surface area contributed by atoms with Crippen LogP contribution in [-0.4, -0.2) is 128 Å². The Morgan fingerprint density at radius 3 is 1.37 bits per heavy atom. The number of benzene rings is 4. The number of hydrogen-bond acceptors (Lipinski definition) is 17. The van der Waals surface area contributed by atoms with Crippen molar-refractivity contribution in [2.24, 2.45) is 15.9 Å². The van der Waals surface area contributed by atoms with Crippen molar-refractivity contribution in [1.82, 2.24) is 48.9 Å². The number of nitrogens with two attached hydrogens (primary N) is 4. The van der Waals surface area contributed by atoms with Gasteiger partial charge in [-0.15, -0.1) is 0 Å². The molecule has 2 amide bonds. The van der Waals surface area contributed by atoms with Gasteiger partial charge in [0.25, 0.3) is 0 Å². The van der Waals surface area contributed by atoms with Gasteiger partial charge in [0.2, 0.25) is 5.84 Å². The smallest absolute Gasteiger partial charge is 0.476 e. The standard InChI is InChI=1S/C19H16Cl2F6N6O4S.C13H8Br2Cl2F3N3.C13H7Cl2F3N4O.C12H6Cl2F6N4OS2/c1-4-36-7-28-16-14(38(35)19(25,26)27)12(15-30-37-8-32(15)17(34)31(2)3)29-33(16)13-10(20)5-9(6-11(13)21)18(22,23)24;14-12(15)3-7(12)6-4-22-23(11(6)21)10-8(16)1-5(2-9(10)17)13(18,19)20;1-5(23)10-9(4-19)21-22(12(10)20)11-7(14)2-6(3-8(11)15)13(16,17)18;13-4-1-3(11(15,16)17)2-5(14)7(4)24-9(21)8(6(23-24)10(22)26)27(25)12(18,19)20/h5-7H,4,8H2,1-3H3;1-2,4,7H,3,21H2;2-3H,20H2,1H3;1-2H,21H2,(H2,22,26). The second-order valence-electron chi connectivity index (χ2n) is 21.9. The predicted octanol–water partition coefficient (Wildman–Crippen LogP) is 18.8. The molecule has 3 unspecified atom stereocenters. The number of ketones is 1. The van der Waals surface area contributed by atoms with E-state index >= 15 is 0 Å². The van der Waals surface area contributed by atoms with Gasteiger partial charge in [0.05, 0.1) is 84.0 Å². The Morgan fingerprint density at radius 1 is 0.658 bits per heavy atom. The van der Waals surface area contributed by atoms with Gasteiger partial charge in [-0.3, -0.25) is 4.79 Å². The van der Waals surface area contributed by atoms with E-state index in [1.165, 1.54) is 32.6 Å². The number of urea groups is 1. The minimum Gasteiger partial charge on any atom is -0.483 e. The molecule has 54 heteroatoms. The van der Waals surface area contributed by atoms with Crippen LogP contribution < -0.4 is 22.9 Å². The molecule has 23 nitrogen and oxygen atoms in total. The van der Waals surface area contributed by atoms with E-state index in [0.29, 0.717) is 58.0 Å². The number of nitrogen functional groups attached to an aromatic ring is 3. The Hall–Kier alpha value is -7.30. The molecular weight excluding hydrogens is 1900 g/mol. The van der Waals surface area contributed by atoms with Gasteiger partial charge in [-0.25, -0.2) is 36.8 Å². The number of nitriles is 1. The second kappa shape index (κ2) is 34.0. The third kappa shape index (κ3) is 20.1. The molecule has 4 aromatic carbocycles. The molecule has 0 bridgehead atoms. The third-order valence-corrected chi connectivity index (χ3v) is 20.8. The number of hydrogen-bond donors (Lipinski definition) is 4. The SMILES string of the molecule is CC(=O)c1c(C#N)nn(-c2c(Cl)cc(C(F)(F)F)cc2Cl)c1N.CCOC=Nc1c(S(=O)C(F)(F)F)c(C2=NOCN2C(=O)N(C)C)nn1-c1c(Cl)cc(C(F)(F)F)cc1Cl.NC(=S)c1nn(-c2c(Cl)cc(C(F)(F)F)cc2Cl)c(N)c1S(=O)C(F)(F)F.Nc1c(C2CC2(Br)Br)cnn1-c1c(Cl)cc(C(F)(F)F)cc1Cl. The van der Waals surface area contributed by atoms with Crippen molar-refractivity contribution in [1.29, 1.82) is 5.26 Å². The predicted molar refractivity (Wildman–Crippen MR) is 384 cm³/mol. The zero-order valence-electron chi connectivity index (χ0n) is 54.4. The number of amides is 2. The van der Waals surface area contributed by atoms with E-state index in [1.54, 1.807) is 12.3 Å². The highest BCUT2D eigenvalue weighted by molar-refractivity contribution is 9.25. The number of anilines is 3. The largest absolute Gasteiger partial charge is 0.483 e. The molecule has 111 heavy (non-hydrogen) atoms. The number of ether oxygens (including phenoxy) is 1. The fourth-order valence-electron chi connectivity index (χ4n) is 9.24. The lowest BCUT2D eigenvalue weighted by atomic mass is 10.1. The Bertz CT molecular complexity index is 5090. The molecule has 8 N–H and O–H groups in total.